The summed E-state index contributed by atoms with van der Waals surface area (Å²) in [6, 6.07) is 0. The summed E-state index contributed by atoms with van der Waals surface area (Å²) in [5, 5.41) is 9.47. The van der Waals surface area contributed by atoms with Crippen LogP contribution < -0.4 is 0 Å². The molecule has 16 heavy (non-hydrogen) atoms. The third-order valence-corrected chi connectivity index (χ3v) is 3.01. The summed E-state index contributed by atoms with van der Waals surface area (Å²) in [5.74, 6) is 0.645. The maximum absolute atomic E-state index is 10.7. The van der Waals surface area contributed by atoms with E-state index in [2.05, 4.69) is 23.8 Å². The Morgan fingerprint density at radius 2 is 2.25 bits per heavy atom. The van der Waals surface area contributed by atoms with E-state index in [9.17, 15) is 4.79 Å². The molecule has 0 spiro atoms. The lowest BCUT2D eigenvalue weighted by Crippen LogP contribution is -2.04. The van der Waals surface area contributed by atoms with Crippen LogP contribution in [0.4, 0.5) is 0 Å². The molecular formula is C11H16N2O2S. The molecule has 0 atom stereocenters. The fraction of sp³-hybridized carbons (Fsp3) is 0.545. The second-order valence-electron chi connectivity index (χ2n) is 3.99. The lowest BCUT2D eigenvalue weighted by atomic mass is 10.2. The summed E-state index contributed by atoms with van der Waals surface area (Å²) in [6.07, 6.45) is 2.48. The zero-order valence-electron chi connectivity index (χ0n) is 9.73. The van der Waals surface area contributed by atoms with Gasteiger partial charge in [0.1, 0.15) is 0 Å². The Morgan fingerprint density at radius 1 is 1.56 bits per heavy atom. The van der Waals surface area contributed by atoms with E-state index in [0.717, 1.165) is 12.2 Å². The van der Waals surface area contributed by atoms with Crippen LogP contribution >= 0.6 is 11.8 Å². The highest BCUT2D eigenvalue weighted by molar-refractivity contribution is 7.99. The van der Waals surface area contributed by atoms with Gasteiger partial charge in [-0.1, -0.05) is 25.6 Å². The number of aromatic nitrogens is 2. The highest BCUT2D eigenvalue weighted by atomic mass is 32.2. The second kappa shape index (κ2) is 5.84. The van der Waals surface area contributed by atoms with Crippen LogP contribution in [0.2, 0.25) is 0 Å². The molecule has 0 amide bonds. The Labute approximate surface area is 99.5 Å². The van der Waals surface area contributed by atoms with Gasteiger partial charge in [0.05, 0.1) is 11.3 Å². The minimum Gasteiger partial charge on any atom is -0.478 e. The minimum absolute atomic E-state index is 0.174. The summed E-state index contributed by atoms with van der Waals surface area (Å²) in [5.41, 5.74) is 0.697. The second-order valence-corrected chi connectivity index (χ2v) is 5.05. The first-order valence-electron chi connectivity index (χ1n) is 5.20. The molecule has 1 aromatic heterocycles. The van der Waals surface area contributed by atoms with E-state index in [1.54, 1.807) is 18.7 Å². The van der Waals surface area contributed by atoms with Gasteiger partial charge >= 0.3 is 5.97 Å². The van der Waals surface area contributed by atoms with Crippen molar-refractivity contribution in [3.63, 3.8) is 0 Å². The summed E-state index contributed by atoms with van der Waals surface area (Å²) in [6.45, 7) is 6.03. The van der Waals surface area contributed by atoms with Gasteiger partial charge in [-0.05, 0) is 19.3 Å². The van der Waals surface area contributed by atoms with E-state index < -0.39 is 5.97 Å². The zero-order chi connectivity index (χ0) is 12.1. The van der Waals surface area contributed by atoms with Gasteiger partial charge in [-0.15, -0.1) is 0 Å². The number of carbonyl (C=O) groups is 1. The molecular weight excluding hydrogens is 224 g/mol. The van der Waals surface area contributed by atoms with E-state index in [1.165, 1.54) is 6.20 Å². The number of aryl methyl sites for hydroxylation is 1. The van der Waals surface area contributed by atoms with Gasteiger partial charge in [-0.25, -0.2) is 14.8 Å². The smallest absolute Gasteiger partial charge is 0.339 e. The van der Waals surface area contributed by atoms with E-state index in [0.29, 0.717) is 16.8 Å². The molecule has 1 N–H and O–H groups in total. The molecule has 5 heteroatoms. The van der Waals surface area contributed by atoms with Crippen LogP contribution in [0.1, 0.15) is 36.3 Å². The Bertz CT molecular complexity index is 380. The van der Waals surface area contributed by atoms with Gasteiger partial charge < -0.3 is 5.11 Å². The lowest BCUT2D eigenvalue weighted by Gasteiger charge is -2.05. The van der Waals surface area contributed by atoms with Crippen LogP contribution in [-0.2, 0) is 0 Å². The molecule has 0 saturated carbocycles. The molecule has 4 nitrogen and oxygen atoms in total. The molecule has 0 aromatic carbocycles. The summed E-state index contributed by atoms with van der Waals surface area (Å²) in [7, 11) is 0. The molecule has 0 aliphatic rings. The fourth-order valence-corrected chi connectivity index (χ4v) is 2.21. The zero-order valence-corrected chi connectivity index (χ0v) is 10.5. The van der Waals surface area contributed by atoms with Gasteiger partial charge in [0.2, 0.25) is 0 Å². The third kappa shape index (κ3) is 3.81. The highest BCUT2D eigenvalue weighted by Crippen LogP contribution is 2.17. The predicted molar refractivity (Wildman–Crippen MR) is 63.9 cm³/mol. The van der Waals surface area contributed by atoms with Crippen molar-refractivity contribution < 1.29 is 9.90 Å². The third-order valence-electron chi connectivity index (χ3n) is 2.11. The fourth-order valence-electron chi connectivity index (χ4n) is 1.11. The molecule has 0 radical (unpaired) electrons. The van der Waals surface area contributed by atoms with Crippen molar-refractivity contribution in [2.24, 2.45) is 5.92 Å². The van der Waals surface area contributed by atoms with E-state index in [4.69, 9.17) is 5.11 Å². The highest BCUT2D eigenvalue weighted by Gasteiger charge is 2.09. The van der Waals surface area contributed by atoms with Gasteiger partial charge in [0.25, 0.3) is 0 Å². The molecule has 1 aromatic rings. The summed E-state index contributed by atoms with van der Waals surface area (Å²) < 4.78 is 0. The predicted octanol–water partition coefficient (Wildman–Crippen LogP) is 2.62. The first-order chi connectivity index (χ1) is 7.50. The van der Waals surface area contributed by atoms with Crippen LogP contribution in [0.15, 0.2) is 11.4 Å². The van der Waals surface area contributed by atoms with Gasteiger partial charge in [0, 0.05) is 11.9 Å². The molecule has 0 saturated heterocycles. The van der Waals surface area contributed by atoms with Crippen molar-refractivity contribution in [3.8, 4) is 0 Å². The monoisotopic (exact) mass is 240 g/mol. The quantitative estimate of drug-likeness (QED) is 0.633. The van der Waals surface area contributed by atoms with Crippen molar-refractivity contribution in [1.29, 1.82) is 0 Å². The maximum atomic E-state index is 10.7. The number of thioether (sulfide) groups is 1. The molecule has 0 bridgehead atoms. The van der Waals surface area contributed by atoms with E-state index in [1.807, 2.05) is 0 Å². The number of rotatable bonds is 5. The molecule has 0 unspecified atom stereocenters. The van der Waals surface area contributed by atoms with E-state index in [-0.39, 0.29) is 5.56 Å². The molecule has 0 aliphatic carbocycles. The molecule has 0 aliphatic heterocycles. The first kappa shape index (κ1) is 13.0. The molecule has 1 rings (SSSR count). The summed E-state index contributed by atoms with van der Waals surface area (Å²) in [4.78, 5) is 18.9. The molecule has 88 valence electrons. The molecule has 1 heterocycles. The standard InChI is InChI=1S/C11H16N2O2S/c1-7(2)4-5-16-11-12-6-9(10(14)15)8(3)13-11/h6-7H,4-5H2,1-3H3,(H,14,15). The van der Waals surface area contributed by atoms with Gasteiger partial charge in [-0.3, -0.25) is 0 Å². The Hall–Kier alpha value is -1.10. The van der Waals surface area contributed by atoms with Crippen molar-refractivity contribution in [2.45, 2.75) is 32.3 Å². The average Bonchev–Trinajstić information content (AvgIpc) is 2.16. The van der Waals surface area contributed by atoms with Gasteiger partial charge in [0.15, 0.2) is 5.16 Å². The number of aromatic carboxylic acids is 1. The first-order valence-corrected chi connectivity index (χ1v) is 6.19. The Balaban J connectivity index is 2.63. The maximum Gasteiger partial charge on any atom is 0.339 e. The van der Waals surface area contributed by atoms with Crippen molar-refractivity contribution in [3.05, 3.63) is 17.5 Å². The van der Waals surface area contributed by atoms with Crippen LogP contribution in [0.5, 0.6) is 0 Å². The van der Waals surface area contributed by atoms with Gasteiger partial charge in [-0.2, -0.15) is 0 Å². The van der Waals surface area contributed by atoms with Crippen molar-refractivity contribution in [2.75, 3.05) is 5.75 Å². The van der Waals surface area contributed by atoms with Crippen LogP contribution in [0, 0.1) is 12.8 Å². The SMILES string of the molecule is Cc1nc(SCCC(C)C)ncc1C(=O)O. The van der Waals surface area contributed by atoms with Crippen molar-refractivity contribution in [1.82, 2.24) is 9.97 Å². The Kier molecular flexibility index (Phi) is 4.73. The van der Waals surface area contributed by atoms with Crippen LogP contribution in [0.3, 0.4) is 0 Å². The topological polar surface area (TPSA) is 63.1 Å². The number of hydrogen-bond acceptors (Lipinski definition) is 4. The van der Waals surface area contributed by atoms with Crippen molar-refractivity contribution >= 4 is 17.7 Å². The minimum atomic E-state index is -0.976. The van der Waals surface area contributed by atoms with E-state index >= 15 is 0 Å². The normalized spacial score (nSPS) is 10.8. The van der Waals surface area contributed by atoms with Crippen LogP contribution in [0.25, 0.3) is 0 Å². The number of carboxylic acid groups (broad SMARTS) is 1. The average molecular weight is 240 g/mol. The lowest BCUT2D eigenvalue weighted by molar-refractivity contribution is 0.0695. The summed E-state index contributed by atoms with van der Waals surface area (Å²) >= 11 is 1.57. The van der Waals surface area contributed by atoms with Crippen LogP contribution in [-0.4, -0.2) is 26.8 Å². The number of carboxylic acids is 1. The number of hydrogen-bond donors (Lipinski definition) is 1. The molecule has 0 fully saturated rings. The Morgan fingerprint density at radius 3 is 2.75 bits per heavy atom. The largest absolute Gasteiger partial charge is 0.478 e. The number of nitrogens with zero attached hydrogens (tertiary/aromatic N) is 2.